The fraction of sp³-hybridized carbons (Fsp3) is 0.176. The highest BCUT2D eigenvalue weighted by Crippen LogP contribution is 2.32. The number of nitrogens with zero attached hydrogens (tertiary/aromatic N) is 8. The highest BCUT2D eigenvalue weighted by molar-refractivity contribution is 6.18. The van der Waals surface area contributed by atoms with Gasteiger partial charge in [-0.25, -0.2) is 0 Å². The first kappa shape index (κ1) is 28.5. The number of hydrogen-bond donors (Lipinski definition) is 0. The number of amides is 2. The Morgan fingerprint density at radius 2 is 0.932 bits per heavy atom. The lowest BCUT2D eigenvalue weighted by Gasteiger charge is -2.12. The van der Waals surface area contributed by atoms with Gasteiger partial charge in [0.2, 0.25) is 0 Å². The molecule has 4 aromatic carbocycles. The van der Waals surface area contributed by atoms with Gasteiger partial charge in [-0.3, -0.25) is 9.59 Å². The van der Waals surface area contributed by atoms with Gasteiger partial charge >= 0.3 is 0 Å². The Morgan fingerprint density at radius 3 is 1.30 bits per heavy atom. The number of hydrazone groups is 2. The lowest BCUT2D eigenvalue weighted by Crippen LogP contribution is -2.29. The minimum absolute atomic E-state index is 0.229. The van der Waals surface area contributed by atoms with Crippen LogP contribution in [0.5, 0.6) is 0 Å². The summed E-state index contributed by atoms with van der Waals surface area (Å²) in [7, 11) is 0. The smallest absolute Gasteiger partial charge is 0.269 e. The number of hydrogen-bond acceptors (Lipinski definition) is 8. The van der Waals surface area contributed by atoms with Crippen molar-refractivity contribution in [3.63, 3.8) is 0 Å². The first-order chi connectivity index (χ1) is 21.3. The van der Waals surface area contributed by atoms with E-state index in [-0.39, 0.29) is 11.8 Å². The zero-order chi connectivity index (χ0) is 30.8. The van der Waals surface area contributed by atoms with Crippen LogP contribution in [0.2, 0.25) is 0 Å². The largest absolute Gasteiger partial charge is 0.280 e. The van der Waals surface area contributed by atoms with E-state index < -0.39 is 12.1 Å². The number of benzene rings is 4. The maximum absolute atomic E-state index is 13.0. The first-order valence-corrected chi connectivity index (χ1v) is 14.2. The van der Waals surface area contributed by atoms with Crippen LogP contribution in [-0.2, 0) is 9.59 Å². The Hall–Kier alpha value is -5.64. The second-order valence-electron chi connectivity index (χ2n) is 10.7. The second kappa shape index (κ2) is 11.9. The van der Waals surface area contributed by atoms with Gasteiger partial charge in [-0.05, 0) is 98.5 Å². The van der Waals surface area contributed by atoms with Gasteiger partial charge in [0.25, 0.3) is 11.8 Å². The lowest BCUT2D eigenvalue weighted by atomic mass is 10.0. The molecular formula is C34H30N8O2. The third kappa shape index (κ3) is 5.57. The molecule has 0 fully saturated rings. The van der Waals surface area contributed by atoms with Gasteiger partial charge in [-0.1, -0.05) is 48.5 Å². The normalized spacial score (nSPS) is 18.5. The van der Waals surface area contributed by atoms with Gasteiger partial charge in [0.15, 0.2) is 12.1 Å². The van der Waals surface area contributed by atoms with Crippen LogP contribution in [0.25, 0.3) is 11.1 Å². The fourth-order valence-corrected chi connectivity index (χ4v) is 5.02. The number of anilines is 2. The molecule has 6 rings (SSSR count). The number of rotatable bonds is 7. The van der Waals surface area contributed by atoms with Crippen LogP contribution in [0.1, 0.15) is 25.0 Å². The number of aryl methyl sites for hydroxylation is 2. The van der Waals surface area contributed by atoms with E-state index in [1.165, 1.54) is 10.0 Å². The Morgan fingerprint density at radius 1 is 0.545 bits per heavy atom. The van der Waals surface area contributed by atoms with Crippen molar-refractivity contribution >= 4 is 46.0 Å². The lowest BCUT2D eigenvalue weighted by molar-refractivity contribution is -0.118. The van der Waals surface area contributed by atoms with Crippen molar-refractivity contribution in [1.82, 2.24) is 0 Å². The van der Waals surface area contributed by atoms with Crippen LogP contribution >= 0.6 is 0 Å². The molecule has 2 amide bonds. The van der Waals surface area contributed by atoms with Crippen molar-refractivity contribution in [2.24, 2.45) is 30.7 Å². The molecule has 0 aliphatic carbocycles. The van der Waals surface area contributed by atoms with Crippen LogP contribution in [0, 0.1) is 13.8 Å². The number of para-hydroxylation sites is 2. The summed E-state index contributed by atoms with van der Waals surface area (Å²) >= 11 is 0. The van der Waals surface area contributed by atoms with Crippen molar-refractivity contribution < 1.29 is 9.59 Å². The molecule has 0 radical (unpaired) electrons. The molecule has 10 nitrogen and oxygen atoms in total. The van der Waals surface area contributed by atoms with E-state index in [9.17, 15) is 9.59 Å². The Kier molecular flexibility index (Phi) is 7.72. The molecule has 2 unspecified atom stereocenters. The molecule has 0 saturated heterocycles. The molecule has 4 aromatic rings. The first-order valence-electron chi connectivity index (χ1n) is 14.2. The molecule has 2 aliphatic heterocycles. The van der Waals surface area contributed by atoms with E-state index in [4.69, 9.17) is 0 Å². The topological polar surface area (TPSA) is 115 Å². The molecule has 0 bridgehead atoms. The average Bonchev–Trinajstić information content (AvgIpc) is 3.49. The maximum Gasteiger partial charge on any atom is 0.280 e. The van der Waals surface area contributed by atoms with Gasteiger partial charge in [0, 0.05) is 0 Å². The van der Waals surface area contributed by atoms with Crippen molar-refractivity contribution in [2.75, 3.05) is 10.0 Å². The molecule has 2 aliphatic rings. The van der Waals surface area contributed by atoms with Crippen molar-refractivity contribution in [3.05, 3.63) is 108 Å². The quantitative estimate of drug-likeness (QED) is 0.208. The third-order valence-corrected chi connectivity index (χ3v) is 7.48. The Labute approximate surface area is 255 Å². The highest BCUT2D eigenvalue weighted by Gasteiger charge is 2.35. The third-order valence-electron chi connectivity index (χ3n) is 7.48. The molecule has 10 heteroatoms. The van der Waals surface area contributed by atoms with Crippen molar-refractivity contribution in [1.29, 1.82) is 0 Å². The Balaban J connectivity index is 1.14. The van der Waals surface area contributed by atoms with Gasteiger partial charge < -0.3 is 0 Å². The Bertz CT molecular complexity index is 1730. The zero-order valence-corrected chi connectivity index (χ0v) is 24.8. The molecular weight excluding hydrogens is 552 g/mol. The predicted octanol–water partition coefficient (Wildman–Crippen LogP) is 7.72. The standard InChI is InChI=1S/C34H30N8O2/c1-21-19-25(15-17-29(21)35-37-31-23(3)39-41(33(31)43)27-11-7-5-8-12-27)26-16-18-30(22(2)20-26)36-38-32-24(4)40-42(34(32)44)28-13-9-6-10-14-28/h5-20,31-32H,1-4H3. The summed E-state index contributed by atoms with van der Waals surface area (Å²) < 4.78 is 0. The summed E-state index contributed by atoms with van der Waals surface area (Å²) in [5.74, 6) is -0.458. The minimum atomic E-state index is -0.755. The molecule has 44 heavy (non-hydrogen) atoms. The molecule has 0 saturated carbocycles. The van der Waals surface area contributed by atoms with Gasteiger partial charge in [0.05, 0.1) is 34.2 Å². The van der Waals surface area contributed by atoms with Crippen LogP contribution < -0.4 is 10.0 Å². The van der Waals surface area contributed by atoms with E-state index in [1.54, 1.807) is 13.8 Å². The van der Waals surface area contributed by atoms with Crippen LogP contribution in [0.3, 0.4) is 0 Å². The molecule has 0 N–H and O–H groups in total. The molecule has 0 aromatic heterocycles. The van der Waals surface area contributed by atoms with Crippen LogP contribution in [-0.4, -0.2) is 35.3 Å². The summed E-state index contributed by atoms with van der Waals surface area (Å²) in [6.45, 7) is 7.49. The number of carbonyl (C=O) groups is 2. The van der Waals surface area contributed by atoms with Gasteiger partial charge in [-0.15, -0.1) is 0 Å². The zero-order valence-electron chi connectivity index (χ0n) is 24.8. The van der Waals surface area contributed by atoms with E-state index in [0.717, 1.165) is 22.3 Å². The number of carbonyl (C=O) groups excluding carboxylic acids is 2. The van der Waals surface area contributed by atoms with Crippen molar-refractivity contribution in [2.45, 2.75) is 39.8 Å². The maximum atomic E-state index is 13.0. The summed E-state index contributed by atoms with van der Waals surface area (Å²) in [5, 5.41) is 29.1. The van der Waals surface area contributed by atoms with Gasteiger partial charge in [-0.2, -0.15) is 40.7 Å². The fourth-order valence-electron chi connectivity index (χ4n) is 5.02. The number of azo groups is 2. The SMILES string of the molecule is CC1=NN(c2ccccc2)C(=O)C1N=Nc1ccc(-c2ccc(N=NC3C(=O)N(c4ccccc4)N=C3C)c(C)c2)cc1C. The minimum Gasteiger partial charge on any atom is -0.269 e. The summed E-state index contributed by atoms with van der Waals surface area (Å²) in [4.78, 5) is 25.9. The van der Waals surface area contributed by atoms with E-state index in [0.29, 0.717) is 34.2 Å². The van der Waals surface area contributed by atoms with Crippen molar-refractivity contribution in [3.8, 4) is 11.1 Å². The monoisotopic (exact) mass is 582 g/mol. The predicted molar refractivity (Wildman–Crippen MR) is 172 cm³/mol. The molecule has 0 spiro atoms. The summed E-state index contributed by atoms with van der Waals surface area (Å²) in [6, 6.07) is 28.9. The van der Waals surface area contributed by atoms with E-state index >= 15 is 0 Å². The summed E-state index contributed by atoms with van der Waals surface area (Å²) in [6.07, 6.45) is 0. The molecule has 2 atom stereocenters. The summed E-state index contributed by atoms with van der Waals surface area (Å²) in [5.41, 5.74) is 7.80. The van der Waals surface area contributed by atoms with E-state index in [1.807, 2.05) is 111 Å². The van der Waals surface area contributed by atoms with Gasteiger partial charge in [0.1, 0.15) is 0 Å². The molecule has 218 valence electrons. The highest BCUT2D eigenvalue weighted by atomic mass is 16.2. The van der Waals surface area contributed by atoms with Crippen LogP contribution in [0.4, 0.5) is 22.7 Å². The average molecular weight is 583 g/mol. The van der Waals surface area contributed by atoms with E-state index in [2.05, 4.69) is 30.7 Å². The molecule has 2 heterocycles. The van der Waals surface area contributed by atoms with Crippen LogP contribution in [0.15, 0.2) is 128 Å². The second-order valence-corrected chi connectivity index (χ2v) is 10.7.